The van der Waals surface area contributed by atoms with Gasteiger partial charge in [0.15, 0.2) is 0 Å². The van der Waals surface area contributed by atoms with Crippen molar-refractivity contribution < 1.29 is 4.79 Å². The topological polar surface area (TPSA) is 78.9 Å². The predicted octanol–water partition coefficient (Wildman–Crippen LogP) is 5.43. The van der Waals surface area contributed by atoms with Crippen molar-refractivity contribution in [1.82, 2.24) is 9.97 Å². The maximum atomic E-state index is 12.6. The van der Waals surface area contributed by atoms with Gasteiger partial charge in [-0.25, -0.2) is 4.98 Å². The molecule has 4 aromatic rings. The average molecular weight is 404 g/mol. The smallest absolute Gasteiger partial charge is 0.265 e. The van der Waals surface area contributed by atoms with Gasteiger partial charge in [0.2, 0.25) is 5.95 Å². The molecule has 3 N–H and O–H groups in total. The summed E-state index contributed by atoms with van der Waals surface area (Å²) in [5, 5.41) is 10.4. The number of aryl methyl sites for hydroxylation is 1. The molecule has 29 heavy (non-hydrogen) atoms. The molecule has 6 nitrogen and oxygen atoms in total. The largest absolute Gasteiger partial charge is 0.354 e. The molecule has 0 radical (unpaired) electrons. The van der Waals surface area contributed by atoms with Crippen LogP contribution in [0.3, 0.4) is 0 Å². The lowest BCUT2D eigenvalue weighted by Crippen LogP contribution is -2.10. The highest BCUT2D eigenvalue weighted by Crippen LogP contribution is 2.26. The van der Waals surface area contributed by atoms with Crippen molar-refractivity contribution in [2.45, 2.75) is 13.8 Å². The standard InChI is InChI=1S/C22H21N5OS/c1-3-23-22-24-14(2)12-20(27-22)25-16-8-10-17(11-9-16)26-21(28)19-13-15-6-4-5-7-18(15)29-19/h4-13H,3H2,1-2H3,(H,26,28)(H2,23,24,25,27). The number of nitrogens with zero attached hydrogens (tertiary/aromatic N) is 2. The second-order valence-corrected chi connectivity index (χ2v) is 7.64. The van der Waals surface area contributed by atoms with Gasteiger partial charge in [0.25, 0.3) is 5.91 Å². The molecule has 0 saturated carbocycles. The summed E-state index contributed by atoms with van der Waals surface area (Å²) in [6.07, 6.45) is 0. The highest BCUT2D eigenvalue weighted by molar-refractivity contribution is 7.20. The fourth-order valence-electron chi connectivity index (χ4n) is 2.94. The lowest BCUT2D eigenvalue weighted by atomic mass is 10.2. The zero-order valence-electron chi connectivity index (χ0n) is 16.2. The summed E-state index contributed by atoms with van der Waals surface area (Å²) in [6, 6.07) is 19.3. The van der Waals surface area contributed by atoms with E-state index in [0.717, 1.165) is 39.5 Å². The maximum absolute atomic E-state index is 12.6. The van der Waals surface area contributed by atoms with Crippen LogP contribution in [0.4, 0.5) is 23.1 Å². The Morgan fingerprint density at radius 2 is 1.76 bits per heavy atom. The van der Waals surface area contributed by atoms with Gasteiger partial charge >= 0.3 is 0 Å². The summed E-state index contributed by atoms with van der Waals surface area (Å²) < 4.78 is 1.11. The van der Waals surface area contributed by atoms with Gasteiger partial charge < -0.3 is 16.0 Å². The fraction of sp³-hybridized carbons (Fsp3) is 0.136. The van der Waals surface area contributed by atoms with Crippen molar-refractivity contribution in [3.8, 4) is 0 Å². The van der Waals surface area contributed by atoms with Crippen molar-refractivity contribution >= 4 is 50.5 Å². The molecule has 0 atom stereocenters. The second-order valence-electron chi connectivity index (χ2n) is 6.55. The van der Waals surface area contributed by atoms with E-state index in [0.29, 0.717) is 10.8 Å². The van der Waals surface area contributed by atoms with E-state index in [2.05, 4.69) is 25.9 Å². The lowest BCUT2D eigenvalue weighted by molar-refractivity contribution is 0.103. The minimum atomic E-state index is -0.103. The Kier molecular flexibility index (Phi) is 5.39. The highest BCUT2D eigenvalue weighted by Gasteiger charge is 2.10. The summed E-state index contributed by atoms with van der Waals surface area (Å²) in [4.78, 5) is 22.0. The van der Waals surface area contributed by atoms with Gasteiger partial charge in [-0.15, -0.1) is 11.3 Å². The van der Waals surface area contributed by atoms with E-state index in [1.807, 2.05) is 74.5 Å². The molecule has 0 fully saturated rings. The van der Waals surface area contributed by atoms with E-state index >= 15 is 0 Å². The van der Waals surface area contributed by atoms with Crippen LogP contribution >= 0.6 is 11.3 Å². The summed E-state index contributed by atoms with van der Waals surface area (Å²) in [7, 11) is 0. The molecule has 7 heteroatoms. The third-order valence-electron chi connectivity index (χ3n) is 4.25. The molecule has 0 saturated heterocycles. The normalized spacial score (nSPS) is 10.7. The van der Waals surface area contributed by atoms with Gasteiger partial charge in [-0.1, -0.05) is 18.2 Å². The summed E-state index contributed by atoms with van der Waals surface area (Å²) in [6.45, 7) is 4.70. The molecule has 0 unspecified atom stereocenters. The molecule has 2 aromatic heterocycles. The van der Waals surface area contributed by atoms with E-state index in [1.54, 1.807) is 0 Å². The summed E-state index contributed by atoms with van der Waals surface area (Å²) in [5.41, 5.74) is 2.50. The van der Waals surface area contributed by atoms with Gasteiger partial charge in [0.05, 0.1) is 4.88 Å². The Bertz CT molecular complexity index is 1120. The number of nitrogens with one attached hydrogen (secondary N) is 3. The van der Waals surface area contributed by atoms with Gasteiger partial charge in [-0.3, -0.25) is 4.79 Å². The molecule has 0 bridgehead atoms. The Balaban J connectivity index is 1.44. The number of carbonyl (C=O) groups is 1. The lowest BCUT2D eigenvalue weighted by Gasteiger charge is -2.10. The molecule has 0 spiro atoms. The maximum Gasteiger partial charge on any atom is 0.265 e. The minimum Gasteiger partial charge on any atom is -0.354 e. The van der Waals surface area contributed by atoms with Crippen LogP contribution in [0.5, 0.6) is 0 Å². The Hall–Kier alpha value is -3.45. The van der Waals surface area contributed by atoms with Gasteiger partial charge in [-0.05, 0) is 55.6 Å². The second kappa shape index (κ2) is 8.28. The van der Waals surface area contributed by atoms with E-state index in [1.165, 1.54) is 11.3 Å². The first-order valence-corrected chi connectivity index (χ1v) is 10.2. The number of aromatic nitrogens is 2. The summed E-state index contributed by atoms with van der Waals surface area (Å²) >= 11 is 1.49. The van der Waals surface area contributed by atoms with Crippen molar-refractivity contribution in [2.75, 3.05) is 22.5 Å². The predicted molar refractivity (Wildman–Crippen MR) is 120 cm³/mol. The Labute approximate surface area is 173 Å². The zero-order valence-corrected chi connectivity index (χ0v) is 17.0. The molecule has 1 amide bonds. The number of carbonyl (C=O) groups excluding carboxylic acids is 1. The van der Waals surface area contributed by atoms with Crippen LogP contribution in [0.25, 0.3) is 10.1 Å². The van der Waals surface area contributed by atoms with Crippen LogP contribution in [0.1, 0.15) is 22.3 Å². The van der Waals surface area contributed by atoms with Crippen LogP contribution in [-0.4, -0.2) is 22.4 Å². The van der Waals surface area contributed by atoms with Crippen molar-refractivity contribution in [1.29, 1.82) is 0 Å². The molecule has 0 aliphatic rings. The number of benzene rings is 2. The van der Waals surface area contributed by atoms with Crippen molar-refractivity contribution in [3.05, 3.63) is 71.2 Å². The average Bonchev–Trinajstić information content (AvgIpc) is 3.14. The molecule has 2 aromatic carbocycles. The summed E-state index contributed by atoms with van der Waals surface area (Å²) in [5.74, 6) is 1.21. The number of hydrogen-bond donors (Lipinski definition) is 3. The molecule has 146 valence electrons. The van der Waals surface area contributed by atoms with Gasteiger partial charge in [0, 0.05) is 34.4 Å². The number of thiophene rings is 1. The number of anilines is 4. The van der Waals surface area contributed by atoms with Crippen LogP contribution in [0, 0.1) is 6.92 Å². The highest BCUT2D eigenvalue weighted by atomic mass is 32.1. The SMILES string of the molecule is CCNc1nc(C)cc(Nc2ccc(NC(=O)c3cc4ccccc4s3)cc2)n1. The quantitative estimate of drug-likeness (QED) is 0.400. The molecule has 0 aliphatic carbocycles. The Morgan fingerprint density at radius 3 is 2.52 bits per heavy atom. The number of hydrogen-bond acceptors (Lipinski definition) is 6. The number of amides is 1. The van der Waals surface area contributed by atoms with Crippen LogP contribution in [-0.2, 0) is 0 Å². The Morgan fingerprint density at radius 1 is 1.00 bits per heavy atom. The fourth-order valence-corrected chi connectivity index (χ4v) is 3.90. The molecular weight excluding hydrogens is 382 g/mol. The molecular formula is C22H21N5OS. The first kappa shape index (κ1) is 18.9. The first-order valence-electron chi connectivity index (χ1n) is 9.37. The van der Waals surface area contributed by atoms with Gasteiger partial charge in [-0.2, -0.15) is 4.98 Å². The van der Waals surface area contributed by atoms with Gasteiger partial charge in [0.1, 0.15) is 5.82 Å². The minimum absolute atomic E-state index is 0.103. The van der Waals surface area contributed by atoms with E-state index < -0.39 is 0 Å². The number of fused-ring (bicyclic) bond motifs is 1. The van der Waals surface area contributed by atoms with E-state index in [4.69, 9.17) is 0 Å². The first-order chi connectivity index (χ1) is 14.1. The van der Waals surface area contributed by atoms with Crippen LogP contribution in [0.2, 0.25) is 0 Å². The third-order valence-corrected chi connectivity index (χ3v) is 5.37. The van der Waals surface area contributed by atoms with Crippen LogP contribution in [0.15, 0.2) is 60.7 Å². The van der Waals surface area contributed by atoms with E-state index in [9.17, 15) is 4.79 Å². The zero-order chi connectivity index (χ0) is 20.2. The molecule has 0 aliphatic heterocycles. The van der Waals surface area contributed by atoms with E-state index in [-0.39, 0.29) is 5.91 Å². The van der Waals surface area contributed by atoms with Crippen molar-refractivity contribution in [2.24, 2.45) is 0 Å². The third kappa shape index (κ3) is 4.52. The van der Waals surface area contributed by atoms with Crippen LogP contribution < -0.4 is 16.0 Å². The molecule has 4 rings (SSSR count). The monoisotopic (exact) mass is 403 g/mol. The molecule has 2 heterocycles. The van der Waals surface area contributed by atoms with Crippen molar-refractivity contribution in [3.63, 3.8) is 0 Å². The number of rotatable bonds is 6.